The van der Waals surface area contributed by atoms with Gasteiger partial charge in [0.2, 0.25) is 5.91 Å². The molecule has 0 fully saturated rings. The molecular formula is C20H18N4O3. The Labute approximate surface area is 155 Å². The number of carbonyl (C=O) groups excluding carboxylic acids is 2. The van der Waals surface area contributed by atoms with Crippen LogP contribution in [0.1, 0.15) is 21.8 Å². The van der Waals surface area contributed by atoms with Crippen molar-refractivity contribution in [2.45, 2.75) is 12.5 Å². The van der Waals surface area contributed by atoms with Crippen molar-refractivity contribution in [3.05, 3.63) is 77.7 Å². The van der Waals surface area contributed by atoms with Crippen molar-refractivity contribution in [3.63, 3.8) is 0 Å². The van der Waals surface area contributed by atoms with Crippen LogP contribution in [0, 0.1) is 0 Å². The lowest BCUT2D eigenvalue weighted by molar-refractivity contribution is -0.117. The average Bonchev–Trinajstić information content (AvgIpc) is 3.09. The summed E-state index contributed by atoms with van der Waals surface area (Å²) in [6, 6.07) is 18.0. The lowest BCUT2D eigenvalue weighted by atomic mass is 10.1. The first-order chi connectivity index (χ1) is 13.2. The van der Waals surface area contributed by atoms with Crippen molar-refractivity contribution >= 4 is 23.2 Å². The van der Waals surface area contributed by atoms with Crippen LogP contribution < -0.4 is 16.0 Å². The number of anilines is 2. The SMILES string of the molecule is O=C(N[C@H]1CNc2ccccc2NC1=O)c1cc(Cc2ccccc2)on1. The molecule has 3 aromatic rings. The minimum atomic E-state index is -0.723. The Bertz CT molecular complexity index is 968. The lowest BCUT2D eigenvalue weighted by Gasteiger charge is -2.14. The van der Waals surface area contributed by atoms with E-state index in [1.165, 1.54) is 0 Å². The molecule has 7 heteroatoms. The fourth-order valence-electron chi connectivity index (χ4n) is 2.92. The van der Waals surface area contributed by atoms with E-state index < -0.39 is 11.9 Å². The molecule has 0 saturated carbocycles. The number of nitrogens with zero attached hydrogens (tertiary/aromatic N) is 1. The van der Waals surface area contributed by atoms with Gasteiger partial charge < -0.3 is 20.5 Å². The normalized spacial score (nSPS) is 15.9. The monoisotopic (exact) mass is 362 g/mol. The summed E-state index contributed by atoms with van der Waals surface area (Å²) in [5.74, 6) is -0.151. The summed E-state index contributed by atoms with van der Waals surface area (Å²) in [4.78, 5) is 24.8. The molecule has 0 aliphatic carbocycles. The molecule has 4 rings (SSSR count). The van der Waals surface area contributed by atoms with Crippen molar-refractivity contribution in [2.24, 2.45) is 0 Å². The van der Waals surface area contributed by atoms with Gasteiger partial charge in [0.1, 0.15) is 11.8 Å². The predicted molar refractivity (Wildman–Crippen MR) is 101 cm³/mol. The number of rotatable bonds is 4. The van der Waals surface area contributed by atoms with E-state index in [0.29, 0.717) is 17.9 Å². The smallest absolute Gasteiger partial charge is 0.274 e. The zero-order chi connectivity index (χ0) is 18.6. The van der Waals surface area contributed by atoms with Gasteiger partial charge in [0.25, 0.3) is 5.91 Å². The minimum absolute atomic E-state index is 0.149. The summed E-state index contributed by atoms with van der Waals surface area (Å²) >= 11 is 0. The zero-order valence-electron chi connectivity index (χ0n) is 14.4. The summed E-state index contributed by atoms with van der Waals surface area (Å²) in [5.41, 5.74) is 2.71. The highest BCUT2D eigenvalue weighted by Gasteiger charge is 2.26. The van der Waals surface area contributed by atoms with E-state index in [-0.39, 0.29) is 18.1 Å². The van der Waals surface area contributed by atoms with Crippen LogP contribution in [0.5, 0.6) is 0 Å². The summed E-state index contributed by atoms with van der Waals surface area (Å²) in [6.07, 6.45) is 0.544. The molecule has 1 aliphatic heterocycles. The van der Waals surface area contributed by atoms with Gasteiger partial charge in [-0.05, 0) is 17.7 Å². The van der Waals surface area contributed by atoms with Crippen LogP contribution in [0.3, 0.4) is 0 Å². The number of nitrogens with one attached hydrogen (secondary N) is 3. The number of carbonyl (C=O) groups is 2. The van der Waals surface area contributed by atoms with Crippen molar-refractivity contribution in [1.29, 1.82) is 0 Å². The predicted octanol–water partition coefficient (Wildman–Crippen LogP) is 2.43. The van der Waals surface area contributed by atoms with Gasteiger partial charge >= 0.3 is 0 Å². The van der Waals surface area contributed by atoms with Crippen LogP contribution in [0.4, 0.5) is 11.4 Å². The Balaban J connectivity index is 1.41. The van der Waals surface area contributed by atoms with E-state index >= 15 is 0 Å². The maximum Gasteiger partial charge on any atom is 0.274 e. The van der Waals surface area contributed by atoms with Crippen molar-refractivity contribution in [2.75, 3.05) is 17.2 Å². The highest BCUT2D eigenvalue weighted by Crippen LogP contribution is 2.23. The summed E-state index contributed by atoms with van der Waals surface area (Å²) in [6.45, 7) is 0.281. The van der Waals surface area contributed by atoms with Crippen LogP contribution in [-0.2, 0) is 11.2 Å². The van der Waals surface area contributed by atoms with E-state index in [0.717, 1.165) is 11.3 Å². The molecule has 3 N–H and O–H groups in total. The molecule has 0 unspecified atom stereocenters. The van der Waals surface area contributed by atoms with Gasteiger partial charge in [-0.25, -0.2) is 0 Å². The molecule has 0 saturated heterocycles. The van der Waals surface area contributed by atoms with E-state index in [2.05, 4.69) is 21.1 Å². The van der Waals surface area contributed by atoms with Gasteiger partial charge in [-0.1, -0.05) is 47.6 Å². The second-order valence-electron chi connectivity index (χ2n) is 6.28. The maximum absolute atomic E-state index is 12.5. The molecule has 1 atom stereocenters. The van der Waals surface area contributed by atoms with Crippen LogP contribution in [0.2, 0.25) is 0 Å². The fourth-order valence-corrected chi connectivity index (χ4v) is 2.92. The standard InChI is InChI=1S/C20H18N4O3/c25-19(17-11-14(27-24-17)10-13-6-2-1-3-7-13)23-18-12-21-15-8-4-5-9-16(15)22-20(18)26/h1-9,11,18,21H,10,12H2,(H,22,26)(H,23,25)/t18-/m0/s1. The number of fused-ring (bicyclic) bond motifs is 1. The van der Waals surface area contributed by atoms with Crippen molar-refractivity contribution in [3.8, 4) is 0 Å². The molecule has 0 bridgehead atoms. The Morgan fingerprint density at radius 2 is 1.85 bits per heavy atom. The van der Waals surface area contributed by atoms with E-state index in [1.807, 2.05) is 48.5 Å². The van der Waals surface area contributed by atoms with Gasteiger partial charge in [-0.2, -0.15) is 0 Å². The van der Waals surface area contributed by atoms with Gasteiger partial charge in [0.05, 0.1) is 11.4 Å². The molecule has 0 radical (unpaired) electrons. The van der Waals surface area contributed by atoms with E-state index in [4.69, 9.17) is 4.52 Å². The van der Waals surface area contributed by atoms with Crippen molar-refractivity contribution < 1.29 is 14.1 Å². The van der Waals surface area contributed by atoms with Crippen molar-refractivity contribution in [1.82, 2.24) is 10.5 Å². The molecule has 27 heavy (non-hydrogen) atoms. The summed E-state index contributed by atoms with van der Waals surface area (Å²) < 4.78 is 5.25. The Hall–Kier alpha value is -3.61. The second kappa shape index (κ2) is 7.33. The van der Waals surface area contributed by atoms with Crippen LogP contribution in [0.25, 0.3) is 0 Å². The topological polar surface area (TPSA) is 96.3 Å². The molecule has 136 valence electrons. The first kappa shape index (κ1) is 16.8. The van der Waals surface area contributed by atoms with Gasteiger partial charge in [-0.15, -0.1) is 0 Å². The molecule has 0 spiro atoms. The number of para-hydroxylation sites is 2. The second-order valence-corrected chi connectivity index (χ2v) is 6.28. The van der Waals surface area contributed by atoms with Gasteiger partial charge in [-0.3, -0.25) is 9.59 Å². The number of aromatic nitrogens is 1. The highest BCUT2D eigenvalue weighted by molar-refractivity contribution is 6.03. The minimum Gasteiger partial charge on any atom is -0.381 e. The molecule has 7 nitrogen and oxygen atoms in total. The average molecular weight is 362 g/mol. The Morgan fingerprint density at radius 3 is 2.67 bits per heavy atom. The third kappa shape index (κ3) is 3.82. The highest BCUT2D eigenvalue weighted by atomic mass is 16.5. The largest absolute Gasteiger partial charge is 0.381 e. The Kier molecular flexibility index (Phi) is 4.57. The molecule has 2 heterocycles. The molecule has 1 aromatic heterocycles. The van der Waals surface area contributed by atoms with Crippen LogP contribution in [-0.4, -0.2) is 29.6 Å². The third-order valence-corrected chi connectivity index (χ3v) is 4.32. The van der Waals surface area contributed by atoms with Gasteiger partial charge in [0, 0.05) is 19.0 Å². The zero-order valence-corrected chi connectivity index (χ0v) is 14.4. The first-order valence-electron chi connectivity index (χ1n) is 8.63. The number of hydrogen-bond donors (Lipinski definition) is 3. The number of amides is 2. The molecule has 2 amide bonds. The van der Waals surface area contributed by atoms with E-state index in [9.17, 15) is 9.59 Å². The maximum atomic E-state index is 12.5. The summed E-state index contributed by atoms with van der Waals surface area (Å²) in [5, 5.41) is 12.5. The molecular weight excluding hydrogens is 344 g/mol. The molecule has 1 aliphatic rings. The number of benzene rings is 2. The number of hydrogen-bond acceptors (Lipinski definition) is 5. The van der Waals surface area contributed by atoms with Crippen LogP contribution >= 0.6 is 0 Å². The summed E-state index contributed by atoms with van der Waals surface area (Å²) in [7, 11) is 0. The van der Waals surface area contributed by atoms with E-state index in [1.54, 1.807) is 12.1 Å². The lowest BCUT2D eigenvalue weighted by Crippen LogP contribution is -2.46. The third-order valence-electron chi connectivity index (χ3n) is 4.32. The molecule has 2 aromatic carbocycles. The van der Waals surface area contributed by atoms with Gasteiger partial charge in [0.15, 0.2) is 5.69 Å². The quantitative estimate of drug-likeness (QED) is 0.662. The van der Waals surface area contributed by atoms with Crippen LogP contribution in [0.15, 0.2) is 65.2 Å². The first-order valence-corrected chi connectivity index (χ1v) is 8.63. The Morgan fingerprint density at radius 1 is 1.11 bits per heavy atom. The fraction of sp³-hybridized carbons (Fsp3) is 0.150.